The lowest BCUT2D eigenvalue weighted by atomic mass is 9.72. The fourth-order valence-electron chi connectivity index (χ4n) is 6.17. The molecular formula is C24H44N4O4. The summed E-state index contributed by atoms with van der Waals surface area (Å²) in [4.78, 5) is 32.4. The summed E-state index contributed by atoms with van der Waals surface area (Å²) in [6.45, 7) is 9.07. The van der Waals surface area contributed by atoms with Crippen molar-refractivity contribution in [3.63, 3.8) is 0 Å². The fourth-order valence-corrected chi connectivity index (χ4v) is 6.17. The number of nitrogens with one attached hydrogen (secondary N) is 1. The van der Waals surface area contributed by atoms with Crippen molar-refractivity contribution in [1.29, 1.82) is 0 Å². The van der Waals surface area contributed by atoms with Crippen LogP contribution in [0.1, 0.15) is 59.3 Å². The lowest BCUT2D eigenvalue weighted by Crippen LogP contribution is -2.58. The van der Waals surface area contributed by atoms with Crippen LogP contribution in [0.25, 0.3) is 0 Å². The van der Waals surface area contributed by atoms with Gasteiger partial charge < -0.3 is 24.6 Å². The molecule has 184 valence electrons. The zero-order valence-corrected chi connectivity index (χ0v) is 21.0. The van der Waals surface area contributed by atoms with Gasteiger partial charge in [0.15, 0.2) is 5.79 Å². The number of hydrogen-bond donors (Lipinski definition) is 1. The van der Waals surface area contributed by atoms with Gasteiger partial charge in [0, 0.05) is 44.1 Å². The van der Waals surface area contributed by atoms with E-state index in [1.165, 1.54) is 4.90 Å². The third kappa shape index (κ3) is 4.98. The smallest absolute Gasteiger partial charge is 0.324 e. The van der Waals surface area contributed by atoms with Gasteiger partial charge in [-0.15, -0.1) is 0 Å². The van der Waals surface area contributed by atoms with Crippen LogP contribution in [0.4, 0.5) is 4.79 Å². The number of ether oxygens (including phenoxy) is 2. The number of rotatable bonds is 7. The fraction of sp³-hybridized carbons (Fsp3) is 0.917. The molecule has 0 aromatic heterocycles. The first kappa shape index (κ1) is 25.4. The Labute approximate surface area is 193 Å². The molecule has 1 saturated carbocycles. The average Bonchev–Trinajstić information content (AvgIpc) is 3.22. The van der Waals surface area contributed by atoms with Gasteiger partial charge in [-0.05, 0) is 59.7 Å². The van der Waals surface area contributed by atoms with Gasteiger partial charge in [0.25, 0.3) is 0 Å². The normalized spacial score (nSPS) is 28.0. The van der Waals surface area contributed by atoms with Gasteiger partial charge in [0.05, 0.1) is 19.1 Å². The molecular weight excluding hydrogens is 408 g/mol. The molecule has 0 aromatic carbocycles. The van der Waals surface area contributed by atoms with E-state index >= 15 is 0 Å². The van der Waals surface area contributed by atoms with Gasteiger partial charge in [-0.2, -0.15) is 0 Å². The third-order valence-corrected chi connectivity index (χ3v) is 8.42. The van der Waals surface area contributed by atoms with Crippen molar-refractivity contribution < 1.29 is 19.1 Å². The first-order valence-electron chi connectivity index (χ1n) is 12.5. The Balaban J connectivity index is 1.64. The van der Waals surface area contributed by atoms with Crippen molar-refractivity contribution in [3.05, 3.63) is 0 Å². The van der Waals surface area contributed by atoms with Gasteiger partial charge in [-0.1, -0.05) is 13.8 Å². The Morgan fingerprint density at radius 1 is 1.16 bits per heavy atom. The zero-order valence-electron chi connectivity index (χ0n) is 21.0. The molecule has 3 aliphatic rings. The molecule has 3 rings (SSSR count). The highest BCUT2D eigenvalue weighted by Crippen LogP contribution is 2.45. The van der Waals surface area contributed by atoms with Crippen molar-refractivity contribution in [2.24, 2.45) is 11.8 Å². The number of amides is 3. The SMILES string of the molecule is CCN(C(=O)NCC(CC)(CC)N(C)C)C(=O)[C@@H]1C[C@@H]2CC3(CC[C@H]2N(C)C1)OCCO3. The molecule has 2 heterocycles. The lowest BCUT2D eigenvalue weighted by molar-refractivity contribution is -0.202. The number of likely N-dealkylation sites (tertiary alicyclic amines) is 1. The number of carbonyl (C=O) groups excluding carboxylic acids is 2. The summed E-state index contributed by atoms with van der Waals surface area (Å²) >= 11 is 0. The van der Waals surface area contributed by atoms with Crippen molar-refractivity contribution in [2.75, 3.05) is 54.0 Å². The van der Waals surface area contributed by atoms with Crippen LogP contribution in [0.2, 0.25) is 0 Å². The molecule has 0 aromatic rings. The molecule has 3 amide bonds. The van der Waals surface area contributed by atoms with Crippen LogP contribution in [-0.4, -0.2) is 98.0 Å². The Kier molecular flexibility index (Phi) is 8.23. The summed E-state index contributed by atoms with van der Waals surface area (Å²) in [6.07, 6.45) is 5.43. The number of carbonyl (C=O) groups is 2. The molecule has 0 radical (unpaired) electrons. The number of likely N-dealkylation sites (N-methyl/N-ethyl adjacent to an activating group) is 1. The van der Waals surface area contributed by atoms with E-state index in [0.717, 1.165) is 38.5 Å². The first-order chi connectivity index (χ1) is 15.2. The average molecular weight is 453 g/mol. The van der Waals surface area contributed by atoms with Crippen LogP contribution in [0.15, 0.2) is 0 Å². The maximum Gasteiger partial charge on any atom is 0.324 e. The largest absolute Gasteiger partial charge is 0.348 e. The maximum atomic E-state index is 13.5. The molecule has 2 aliphatic heterocycles. The Morgan fingerprint density at radius 3 is 2.38 bits per heavy atom. The minimum atomic E-state index is -0.454. The number of imide groups is 1. The Morgan fingerprint density at radius 2 is 1.81 bits per heavy atom. The molecule has 8 nitrogen and oxygen atoms in total. The molecule has 0 bridgehead atoms. The van der Waals surface area contributed by atoms with E-state index in [4.69, 9.17) is 9.47 Å². The van der Waals surface area contributed by atoms with Crippen LogP contribution in [0, 0.1) is 11.8 Å². The number of urea groups is 1. The van der Waals surface area contributed by atoms with Crippen molar-refractivity contribution in [1.82, 2.24) is 20.0 Å². The molecule has 3 atom stereocenters. The van der Waals surface area contributed by atoms with E-state index in [9.17, 15) is 9.59 Å². The van der Waals surface area contributed by atoms with Gasteiger partial charge in [-0.3, -0.25) is 9.69 Å². The summed E-state index contributed by atoms with van der Waals surface area (Å²) in [5.74, 6) is -0.353. The van der Waals surface area contributed by atoms with Crippen LogP contribution in [0.3, 0.4) is 0 Å². The predicted molar refractivity (Wildman–Crippen MR) is 124 cm³/mol. The summed E-state index contributed by atoms with van der Waals surface area (Å²) in [5, 5.41) is 3.06. The van der Waals surface area contributed by atoms with E-state index in [-0.39, 0.29) is 23.4 Å². The predicted octanol–water partition coefficient (Wildman–Crippen LogP) is 2.53. The van der Waals surface area contributed by atoms with E-state index in [1.54, 1.807) is 0 Å². The summed E-state index contributed by atoms with van der Waals surface area (Å²) < 4.78 is 11.9. The van der Waals surface area contributed by atoms with E-state index < -0.39 is 5.79 Å². The zero-order chi connectivity index (χ0) is 23.5. The monoisotopic (exact) mass is 452 g/mol. The second-order valence-electron chi connectivity index (χ2n) is 10.1. The second kappa shape index (κ2) is 10.4. The van der Waals surface area contributed by atoms with E-state index in [0.29, 0.717) is 44.8 Å². The van der Waals surface area contributed by atoms with Crippen molar-refractivity contribution >= 4 is 11.9 Å². The topological polar surface area (TPSA) is 74.4 Å². The number of fused-ring (bicyclic) bond motifs is 1. The third-order valence-electron chi connectivity index (χ3n) is 8.42. The Bertz CT molecular complexity index is 660. The summed E-state index contributed by atoms with van der Waals surface area (Å²) in [6, 6.07) is 0.175. The highest BCUT2D eigenvalue weighted by atomic mass is 16.7. The molecule has 2 saturated heterocycles. The highest BCUT2D eigenvalue weighted by Gasteiger charge is 2.49. The van der Waals surface area contributed by atoms with Crippen LogP contribution < -0.4 is 5.32 Å². The molecule has 1 N–H and O–H groups in total. The summed E-state index contributed by atoms with van der Waals surface area (Å²) in [7, 11) is 6.20. The van der Waals surface area contributed by atoms with Gasteiger partial charge in [0.1, 0.15) is 0 Å². The number of hydrogen-bond acceptors (Lipinski definition) is 6. The highest BCUT2D eigenvalue weighted by molar-refractivity contribution is 5.95. The lowest BCUT2D eigenvalue weighted by Gasteiger charge is -2.49. The van der Waals surface area contributed by atoms with Crippen molar-refractivity contribution in [3.8, 4) is 0 Å². The molecule has 3 fully saturated rings. The molecule has 0 unspecified atom stereocenters. The van der Waals surface area contributed by atoms with Crippen LogP contribution in [0.5, 0.6) is 0 Å². The van der Waals surface area contributed by atoms with Crippen LogP contribution >= 0.6 is 0 Å². The Hall–Kier alpha value is -1.22. The van der Waals surface area contributed by atoms with E-state index in [1.807, 2.05) is 21.0 Å². The molecule has 1 aliphatic carbocycles. The molecule has 8 heteroatoms. The maximum absolute atomic E-state index is 13.5. The molecule has 32 heavy (non-hydrogen) atoms. The minimum Gasteiger partial charge on any atom is -0.348 e. The van der Waals surface area contributed by atoms with Gasteiger partial charge in [0.2, 0.25) is 5.91 Å². The quantitative estimate of drug-likeness (QED) is 0.640. The first-order valence-corrected chi connectivity index (χ1v) is 12.5. The standard InChI is InChI=1S/C24H44N4O4/c1-7-23(8-2,26(4)5)17-25-22(30)28(9-3)21(29)19-14-18-15-24(31-12-13-32-24)11-10-20(18)27(6)16-19/h18-20H,7-17H2,1-6H3,(H,25,30)/t18-,19-,20-/m1/s1. The molecule has 1 spiro atoms. The van der Waals surface area contributed by atoms with Crippen LogP contribution in [-0.2, 0) is 14.3 Å². The second-order valence-corrected chi connectivity index (χ2v) is 10.1. The number of piperidine rings is 1. The van der Waals surface area contributed by atoms with Gasteiger partial charge >= 0.3 is 6.03 Å². The summed E-state index contributed by atoms with van der Waals surface area (Å²) in [5.41, 5.74) is -0.103. The minimum absolute atomic E-state index is 0.0633. The number of nitrogens with zero attached hydrogens (tertiary/aromatic N) is 3. The van der Waals surface area contributed by atoms with Gasteiger partial charge in [-0.25, -0.2) is 4.79 Å². The van der Waals surface area contributed by atoms with E-state index in [2.05, 4.69) is 36.0 Å². The van der Waals surface area contributed by atoms with Crippen molar-refractivity contribution in [2.45, 2.75) is 76.7 Å².